The number of carbonyl (C=O) groups is 2. The molecule has 44 heavy (non-hydrogen) atoms. The number of unbranched alkanes of at least 4 members (excludes halogenated alkanes) is 16. The van der Waals surface area contributed by atoms with Gasteiger partial charge in [-0.1, -0.05) is 152 Å². The maximum absolute atomic E-state index is 12.1. The smallest absolute Gasteiger partial charge is 0.306 e. The number of aliphatic hydroxyl groups is 1. The normalized spacial score (nSPS) is 12.7. The Bertz CT molecular complexity index is 752. The molecule has 0 saturated carbocycles. The first-order valence-corrected chi connectivity index (χ1v) is 18.2. The van der Waals surface area contributed by atoms with Crippen molar-refractivity contribution in [3.63, 3.8) is 0 Å². The molecule has 5 heteroatoms. The number of hydrogen-bond donors (Lipinski definition) is 1. The number of esters is 2. The van der Waals surface area contributed by atoms with Gasteiger partial charge < -0.3 is 14.6 Å². The van der Waals surface area contributed by atoms with E-state index in [1.165, 1.54) is 77.0 Å². The van der Waals surface area contributed by atoms with E-state index in [1.54, 1.807) is 0 Å². The molecule has 0 rings (SSSR count). The van der Waals surface area contributed by atoms with Crippen LogP contribution in [0.25, 0.3) is 0 Å². The summed E-state index contributed by atoms with van der Waals surface area (Å²) in [6.45, 7) is 3.98. The first-order chi connectivity index (χ1) is 21.6. The van der Waals surface area contributed by atoms with E-state index in [9.17, 15) is 14.7 Å². The summed E-state index contributed by atoms with van der Waals surface area (Å²) < 4.78 is 10.5. The highest BCUT2D eigenvalue weighted by molar-refractivity contribution is 5.70. The molecule has 0 aromatic carbocycles. The summed E-state index contributed by atoms with van der Waals surface area (Å²) in [5, 5.41) is 9.52. The number of aliphatic hydroxyl groups excluding tert-OH is 1. The molecule has 0 aliphatic carbocycles. The van der Waals surface area contributed by atoms with Crippen LogP contribution in [0.5, 0.6) is 0 Å². The summed E-state index contributed by atoms with van der Waals surface area (Å²) in [7, 11) is 0. The largest absolute Gasteiger partial charge is 0.462 e. The second-order valence-electron chi connectivity index (χ2n) is 11.9. The summed E-state index contributed by atoms with van der Waals surface area (Å²) in [6, 6.07) is 0. The Morgan fingerprint density at radius 3 is 1.48 bits per heavy atom. The highest BCUT2D eigenvalue weighted by Crippen LogP contribution is 2.14. The molecular weight excluding hydrogens is 548 g/mol. The van der Waals surface area contributed by atoms with Crippen molar-refractivity contribution in [2.24, 2.45) is 0 Å². The lowest BCUT2D eigenvalue weighted by Gasteiger charge is -2.15. The Hall–Kier alpha value is -2.14. The molecule has 1 atom stereocenters. The Morgan fingerprint density at radius 2 is 0.977 bits per heavy atom. The van der Waals surface area contributed by atoms with Gasteiger partial charge in [0.2, 0.25) is 0 Å². The maximum Gasteiger partial charge on any atom is 0.306 e. The first-order valence-electron chi connectivity index (χ1n) is 18.2. The van der Waals surface area contributed by atoms with E-state index in [0.29, 0.717) is 12.8 Å². The topological polar surface area (TPSA) is 72.8 Å². The molecule has 0 bridgehead atoms. The summed E-state index contributed by atoms with van der Waals surface area (Å²) >= 11 is 0. The van der Waals surface area contributed by atoms with Gasteiger partial charge in [-0.3, -0.25) is 9.59 Å². The van der Waals surface area contributed by atoms with Crippen molar-refractivity contribution in [3.05, 3.63) is 48.6 Å². The van der Waals surface area contributed by atoms with Crippen LogP contribution in [0, 0.1) is 0 Å². The fourth-order valence-corrected chi connectivity index (χ4v) is 4.90. The third-order valence-electron chi connectivity index (χ3n) is 7.64. The highest BCUT2D eigenvalue weighted by Gasteiger charge is 2.16. The van der Waals surface area contributed by atoms with E-state index >= 15 is 0 Å². The molecule has 0 amide bonds. The van der Waals surface area contributed by atoms with Crippen LogP contribution in [0.3, 0.4) is 0 Å². The van der Waals surface area contributed by atoms with Gasteiger partial charge in [-0.2, -0.15) is 0 Å². The Kier molecular flexibility index (Phi) is 33.6. The van der Waals surface area contributed by atoms with E-state index in [2.05, 4.69) is 62.5 Å². The summed E-state index contributed by atoms with van der Waals surface area (Å²) in [5.74, 6) is -0.639. The molecule has 0 spiro atoms. The molecule has 0 heterocycles. The molecule has 0 aromatic rings. The molecule has 1 N–H and O–H groups in total. The summed E-state index contributed by atoms with van der Waals surface area (Å²) in [5.41, 5.74) is 0. The monoisotopic (exact) mass is 617 g/mol. The van der Waals surface area contributed by atoms with Gasteiger partial charge >= 0.3 is 11.9 Å². The van der Waals surface area contributed by atoms with Crippen LogP contribution in [-0.4, -0.2) is 36.4 Å². The van der Waals surface area contributed by atoms with Crippen LogP contribution in [0.2, 0.25) is 0 Å². The molecule has 254 valence electrons. The third kappa shape index (κ3) is 32.8. The van der Waals surface area contributed by atoms with Crippen molar-refractivity contribution < 1.29 is 24.2 Å². The fourth-order valence-electron chi connectivity index (χ4n) is 4.90. The van der Waals surface area contributed by atoms with Gasteiger partial charge in [-0.15, -0.1) is 0 Å². The van der Waals surface area contributed by atoms with Crippen LogP contribution < -0.4 is 0 Å². The van der Waals surface area contributed by atoms with Crippen molar-refractivity contribution in [2.75, 3.05) is 13.2 Å². The van der Waals surface area contributed by atoms with Crippen LogP contribution in [0.15, 0.2) is 48.6 Å². The third-order valence-corrected chi connectivity index (χ3v) is 7.64. The van der Waals surface area contributed by atoms with E-state index in [-0.39, 0.29) is 25.2 Å². The zero-order valence-electron chi connectivity index (χ0n) is 28.7. The predicted molar refractivity (Wildman–Crippen MR) is 187 cm³/mol. The van der Waals surface area contributed by atoms with E-state index in [1.807, 2.05) is 0 Å². The highest BCUT2D eigenvalue weighted by atomic mass is 16.6. The number of hydrogen-bond acceptors (Lipinski definition) is 5. The average molecular weight is 617 g/mol. The van der Waals surface area contributed by atoms with Crippen molar-refractivity contribution in [1.29, 1.82) is 0 Å². The Balaban J connectivity index is 3.64. The van der Waals surface area contributed by atoms with E-state index in [0.717, 1.165) is 64.2 Å². The number of rotatable bonds is 32. The molecule has 0 aromatic heterocycles. The quantitative estimate of drug-likeness (QED) is 0.0462. The van der Waals surface area contributed by atoms with Gasteiger partial charge in [-0.05, 0) is 51.4 Å². The average Bonchev–Trinajstić information content (AvgIpc) is 3.02. The lowest BCUT2D eigenvalue weighted by Crippen LogP contribution is -2.28. The Morgan fingerprint density at radius 1 is 0.545 bits per heavy atom. The van der Waals surface area contributed by atoms with E-state index < -0.39 is 6.10 Å². The standard InChI is InChI=1S/C39H68O5/c1-3-5-7-9-11-13-15-17-19-21-23-25-27-29-31-33-38(41)43-36-37(35-40)44-39(42)34-32-30-28-26-24-22-20-18-16-14-12-10-8-6-4-2/h5,7,11,13,17,19,23,25,37,40H,3-4,6,8-10,12,14-16,18,20-22,24,26-36H2,1-2H3. The van der Waals surface area contributed by atoms with Crippen molar-refractivity contribution in [2.45, 2.75) is 174 Å². The molecule has 0 fully saturated rings. The van der Waals surface area contributed by atoms with Crippen LogP contribution >= 0.6 is 0 Å². The molecule has 0 aliphatic rings. The first kappa shape index (κ1) is 41.9. The van der Waals surface area contributed by atoms with Gasteiger partial charge in [0.25, 0.3) is 0 Å². The molecule has 1 unspecified atom stereocenters. The van der Waals surface area contributed by atoms with Crippen LogP contribution in [-0.2, 0) is 19.1 Å². The van der Waals surface area contributed by atoms with Crippen LogP contribution in [0.1, 0.15) is 168 Å². The fraction of sp³-hybridized carbons (Fsp3) is 0.744. The van der Waals surface area contributed by atoms with Crippen molar-refractivity contribution in [3.8, 4) is 0 Å². The predicted octanol–water partition coefficient (Wildman–Crippen LogP) is 11.1. The molecular formula is C39H68O5. The number of allylic oxidation sites excluding steroid dienone is 8. The SMILES string of the molecule is CCC=CCC=CCC=CCC=CCCCCC(=O)OCC(CO)OC(=O)CCCCCCCCCCCCCCCCC. The minimum atomic E-state index is -0.785. The lowest BCUT2D eigenvalue weighted by molar-refractivity contribution is -0.161. The second kappa shape index (κ2) is 35.3. The van der Waals surface area contributed by atoms with Gasteiger partial charge in [0.1, 0.15) is 6.61 Å². The zero-order valence-corrected chi connectivity index (χ0v) is 28.7. The number of carbonyl (C=O) groups excluding carboxylic acids is 2. The minimum Gasteiger partial charge on any atom is -0.462 e. The molecule has 0 radical (unpaired) electrons. The maximum atomic E-state index is 12.1. The summed E-state index contributed by atoms with van der Waals surface area (Å²) in [6.07, 6.45) is 43.1. The second-order valence-corrected chi connectivity index (χ2v) is 11.9. The summed E-state index contributed by atoms with van der Waals surface area (Å²) in [4.78, 5) is 24.2. The lowest BCUT2D eigenvalue weighted by atomic mass is 10.0. The Labute approximate surface area is 271 Å². The van der Waals surface area contributed by atoms with Crippen LogP contribution in [0.4, 0.5) is 0 Å². The van der Waals surface area contributed by atoms with Crippen molar-refractivity contribution >= 4 is 11.9 Å². The minimum absolute atomic E-state index is 0.0865. The van der Waals surface area contributed by atoms with E-state index in [4.69, 9.17) is 9.47 Å². The molecule has 5 nitrogen and oxygen atoms in total. The van der Waals surface area contributed by atoms with Gasteiger partial charge in [0.15, 0.2) is 6.10 Å². The number of ether oxygens (including phenoxy) is 2. The van der Waals surface area contributed by atoms with Gasteiger partial charge in [0, 0.05) is 12.8 Å². The molecule has 0 aliphatic heterocycles. The zero-order chi connectivity index (χ0) is 32.2. The van der Waals surface area contributed by atoms with Crippen molar-refractivity contribution in [1.82, 2.24) is 0 Å². The van der Waals surface area contributed by atoms with Gasteiger partial charge in [-0.25, -0.2) is 0 Å². The van der Waals surface area contributed by atoms with Gasteiger partial charge in [0.05, 0.1) is 6.61 Å². The molecule has 0 saturated heterocycles.